The molecule has 0 amide bonds. The fourth-order valence-corrected chi connectivity index (χ4v) is 4.55. The minimum Gasteiger partial charge on any atom is -0.398 e. The average molecular weight is 362 g/mol. The predicted octanol–water partition coefficient (Wildman–Crippen LogP) is 1.75. The van der Waals surface area contributed by atoms with Crippen LogP contribution in [0.25, 0.3) is 0 Å². The highest BCUT2D eigenvalue weighted by atomic mass is 79.9. The van der Waals surface area contributed by atoms with E-state index < -0.39 is 10.0 Å². The molecule has 7 heteroatoms. The molecule has 20 heavy (non-hydrogen) atoms. The molecule has 1 heterocycles. The zero-order chi connectivity index (χ0) is 14.9. The number of hydrogen-bond acceptors (Lipinski definition) is 4. The molecule has 1 aromatic rings. The fraction of sp³-hybridized carbons (Fsp3) is 0.538. The average Bonchev–Trinajstić information content (AvgIpc) is 2.40. The van der Waals surface area contributed by atoms with Crippen LogP contribution in [0.1, 0.15) is 12.8 Å². The van der Waals surface area contributed by atoms with Gasteiger partial charge in [0.1, 0.15) is 4.90 Å². The molecule has 1 saturated heterocycles. The molecule has 1 atom stereocenters. The molecule has 2 rings (SSSR count). The van der Waals surface area contributed by atoms with E-state index in [0.29, 0.717) is 4.47 Å². The Hall–Kier alpha value is -0.630. The number of likely N-dealkylation sites (tertiary alicyclic amines) is 1. The van der Waals surface area contributed by atoms with Gasteiger partial charge < -0.3 is 10.6 Å². The molecule has 2 N–H and O–H groups in total. The first-order valence-corrected chi connectivity index (χ1v) is 8.77. The topological polar surface area (TPSA) is 66.6 Å². The van der Waals surface area contributed by atoms with Crippen molar-refractivity contribution in [1.82, 2.24) is 9.21 Å². The lowest BCUT2D eigenvalue weighted by Gasteiger charge is -2.35. The molecule has 1 unspecified atom stereocenters. The van der Waals surface area contributed by atoms with E-state index in [2.05, 4.69) is 20.8 Å². The Morgan fingerprint density at radius 2 is 2.15 bits per heavy atom. The minimum absolute atomic E-state index is 0.00266. The van der Waals surface area contributed by atoms with Gasteiger partial charge in [-0.3, -0.25) is 0 Å². The van der Waals surface area contributed by atoms with Gasteiger partial charge in [-0.25, -0.2) is 8.42 Å². The quantitative estimate of drug-likeness (QED) is 0.832. The number of likely N-dealkylation sites (N-methyl/N-ethyl adjacent to an activating group) is 2. The number of nitrogens with zero attached hydrogens (tertiary/aromatic N) is 2. The van der Waals surface area contributed by atoms with Gasteiger partial charge in [-0.05, 0) is 44.6 Å². The Morgan fingerprint density at radius 1 is 1.45 bits per heavy atom. The smallest absolute Gasteiger partial charge is 0.245 e. The predicted molar refractivity (Wildman–Crippen MR) is 84.0 cm³/mol. The van der Waals surface area contributed by atoms with Gasteiger partial charge in [0, 0.05) is 24.1 Å². The van der Waals surface area contributed by atoms with Crippen LogP contribution in [-0.4, -0.2) is 50.8 Å². The Kier molecular flexibility index (Phi) is 4.73. The standard InChI is InChI=1S/C13H20BrN3O2S/c1-16-7-3-4-11(9-16)17(2)20(18,19)13-8-10(14)5-6-12(13)15/h5-6,8,11H,3-4,7,9,15H2,1-2H3. The van der Waals surface area contributed by atoms with Gasteiger partial charge in [-0.1, -0.05) is 15.9 Å². The van der Waals surface area contributed by atoms with Gasteiger partial charge in [-0.2, -0.15) is 4.31 Å². The summed E-state index contributed by atoms with van der Waals surface area (Å²) in [4.78, 5) is 2.33. The van der Waals surface area contributed by atoms with Gasteiger partial charge >= 0.3 is 0 Å². The third-order valence-electron chi connectivity index (χ3n) is 3.75. The van der Waals surface area contributed by atoms with Crippen molar-refractivity contribution in [2.75, 3.05) is 32.9 Å². The van der Waals surface area contributed by atoms with Crippen molar-refractivity contribution in [3.05, 3.63) is 22.7 Å². The van der Waals surface area contributed by atoms with Crippen LogP contribution in [0.5, 0.6) is 0 Å². The van der Waals surface area contributed by atoms with E-state index in [-0.39, 0.29) is 16.6 Å². The third-order valence-corrected chi connectivity index (χ3v) is 6.21. The maximum Gasteiger partial charge on any atom is 0.245 e. The number of sulfonamides is 1. The number of anilines is 1. The molecular weight excluding hydrogens is 342 g/mol. The molecule has 0 spiro atoms. The number of piperidine rings is 1. The summed E-state index contributed by atoms with van der Waals surface area (Å²) in [6.45, 7) is 1.77. The molecule has 5 nitrogen and oxygen atoms in total. The van der Waals surface area contributed by atoms with Crippen molar-refractivity contribution in [2.24, 2.45) is 0 Å². The van der Waals surface area contributed by atoms with Crippen LogP contribution >= 0.6 is 15.9 Å². The Morgan fingerprint density at radius 3 is 2.80 bits per heavy atom. The molecule has 1 fully saturated rings. The van der Waals surface area contributed by atoms with Crippen molar-refractivity contribution in [3.63, 3.8) is 0 Å². The summed E-state index contributed by atoms with van der Waals surface area (Å²) in [6.07, 6.45) is 1.89. The van der Waals surface area contributed by atoms with E-state index in [0.717, 1.165) is 25.9 Å². The summed E-state index contributed by atoms with van der Waals surface area (Å²) in [6, 6.07) is 4.91. The largest absolute Gasteiger partial charge is 0.398 e. The molecule has 0 aromatic heterocycles. The molecule has 0 aliphatic carbocycles. The normalized spacial score (nSPS) is 21.3. The van der Waals surface area contributed by atoms with Crippen molar-refractivity contribution in [1.29, 1.82) is 0 Å². The highest BCUT2D eigenvalue weighted by Gasteiger charge is 2.31. The van der Waals surface area contributed by atoms with E-state index in [1.54, 1.807) is 25.2 Å². The number of nitrogens with two attached hydrogens (primary N) is 1. The molecule has 1 aliphatic heterocycles. The second kappa shape index (κ2) is 6.01. The molecule has 1 aliphatic rings. The molecule has 0 radical (unpaired) electrons. The van der Waals surface area contributed by atoms with Crippen LogP contribution in [0.4, 0.5) is 5.69 Å². The molecule has 0 bridgehead atoms. The second-order valence-electron chi connectivity index (χ2n) is 5.26. The lowest BCUT2D eigenvalue weighted by atomic mass is 10.1. The molecular formula is C13H20BrN3O2S. The van der Waals surface area contributed by atoms with Gasteiger partial charge in [-0.15, -0.1) is 0 Å². The van der Waals surface area contributed by atoms with Gasteiger partial charge in [0.25, 0.3) is 0 Å². The summed E-state index contributed by atoms with van der Waals surface area (Å²) < 4.78 is 27.6. The lowest BCUT2D eigenvalue weighted by molar-refractivity contribution is 0.187. The third kappa shape index (κ3) is 3.16. The summed E-state index contributed by atoms with van der Waals surface area (Å²) in [5.41, 5.74) is 6.11. The van der Waals surface area contributed by atoms with E-state index in [9.17, 15) is 8.42 Å². The van der Waals surface area contributed by atoms with Crippen molar-refractivity contribution < 1.29 is 8.42 Å². The second-order valence-corrected chi connectivity index (χ2v) is 8.14. The first-order valence-electron chi connectivity index (χ1n) is 6.54. The van der Waals surface area contributed by atoms with Crippen LogP contribution in [0.15, 0.2) is 27.6 Å². The Balaban J connectivity index is 2.31. The monoisotopic (exact) mass is 361 g/mol. The number of benzene rings is 1. The van der Waals surface area contributed by atoms with Crippen molar-refractivity contribution in [2.45, 2.75) is 23.8 Å². The zero-order valence-electron chi connectivity index (χ0n) is 11.7. The van der Waals surface area contributed by atoms with E-state index in [1.807, 2.05) is 7.05 Å². The summed E-state index contributed by atoms with van der Waals surface area (Å²) >= 11 is 3.30. The molecule has 1 aromatic carbocycles. The number of nitrogen functional groups attached to an aromatic ring is 1. The van der Waals surface area contributed by atoms with E-state index in [1.165, 1.54) is 4.31 Å². The first-order chi connectivity index (χ1) is 9.32. The highest BCUT2D eigenvalue weighted by molar-refractivity contribution is 9.10. The molecule has 112 valence electrons. The zero-order valence-corrected chi connectivity index (χ0v) is 14.1. The Labute approximate surface area is 128 Å². The minimum atomic E-state index is -3.56. The van der Waals surface area contributed by atoms with Crippen molar-refractivity contribution >= 4 is 31.6 Å². The fourth-order valence-electron chi connectivity index (χ4n) is 2.52. The maximum atomic E-state index is 12.7. The van der Waals surface area contributed by atoms with Crippen LogP contribution in [0.3, 0.4) is 0 Å². The van der Waals surface area contributed by atoms with E-state index in [4.69, 9.17) is 5.73 Å². The molecule has 0 saturated carbocycles. The van der Waals surface area contributed by atoms with Crippen LogP contribution < -0.4 is 5.73 Å². The van der Waals surface area contributed by atoms with E-state index >= 15 is 0 Å². The Bertz CT molecular complexity index is 591. The SMILES string of the molecule is CN1CCCC(N(C)S(=O)(=O)c2cc(Br)ccc2N)C1. The van der Waals surface area contributed by atoms with Crippen LogP contribution in [0.2, 0.25) is 0 Å². The lowest BCUT2D eigenvalue weighted by Crippen LogP contribution is -2.47. The van der Waals surface area contributed by atoms with Gasteiger partial charge in [0.15, 0.2) is 0 Å². The number of halogens is 1. The first kappa shape index (κ1) is 15.8. The van der Waals surface area contributed by atoms with Crippen LogP contribution in [0, 0.1) is 0 Å². The van der Waals surface area contributed by atoms with Crippen molar-refractivity contribution in [3.8, 4) is 0 Å². The summed E-state index contributed by atoms with van der Waals surface area (Å²) in [5, 5.41) is 0. The van der Waals surface area contributed by atoms with Crippen LogP contribution in [-0.2, 0) is 10.0 Å². The van der Waals surface area contributed by atoms with Gasteiger partial charge in [0.2, 0.25) is 10.0 Å². The maximum absolute atomic E-state index is 12.7. The summed E-state index contributed by atoms with van der Waals surface area (Å²) in [5.74, 6) is 0. The van der Waals surface area contributed by atoms with Gasteiger partial charge in [0.05, 0.1) is 5.69 Å². The number of hydrogen-bond donors (Lipinski definition) is 1. The summed E-state index contributed by atoms with van der Waals surface area (Å²) in [7, 11) is 0.0888. The number of rotatable bonds is 3. The highest BCUT2D eigenvalue weighted by Crippen LogP contribution is 2.28.